The molecule has 0 rings (SSSR count). The van der Waals surface area contributed by atoms with Gasteiger partial charge in [0.15, 0.2) is 0 Å². The molecule has 0 amide bonds. The van der Waals surface area contributed by atoms with E-state index in [9.17, 15) is 5.11 Å². The van der Waals surface area contributed by atoms with Crippen LogP contribution in [0.2, 0.25) is 0 Å². The molecule has 0 saturated carbocycles. The van der Waals surface area contributed by atoms with Gasteiger partial charge in [0.2, 0.25) is 0 Å². The zero-order valence-electron chi connectivity index (χ0n) is 9.83. The second kappa shape index (κ2) is 11.3. The summed E-state index contributed by atoms with van der Waals surface area (Å²) >= 11 is 0. The van der Waals surface area contributed by atoms with Gasteiger partial charge in [-0.25, -0.2) is 0 Å². The molecule has 0 aromatic heterocycles. The normalized spacial score (nSPS) is 12.6. The van der Waals surface area contributed by atoms with Gasteiger partial charge in [-0.2, -0.15) is 0 Å². The second-order valence-corrected chi connectivity index (χ2v) is 3.88. The summed E-state index contributed by atoms with van der Waals surface area (Å²) in [5.41, 5.74) is 0. The highest BCUT2D eigenvalue weighted by atomic mass is 35.5. The maximum Gasteiger partial charge on any atom is 0.104 e. The number of hydrogen-bond acceptors (Lipinski definition) is 2. The lowest BCUT2D eigenvalue weighted by Crippen LogP contribution is -2.29. The summed E-state index contributed by atoms with van der Waals surface area (Å²) in [5.74, 6) is 0. The van der Waals surface area contributed by atoms with Crippen LogP contribution in [0.5, 0.6) is 0 Å². The fraction of sp³-hybridized carbons (Fsp3) is 1.00. The molecule has 0 spiro atoms. The fourth-order valence-electron chi connectivity index (χ4n) is 1.33. The van der Waals surface area contributed by atoms with Crippen molar-refractivity contribution in [3.05, 3.63) is 0 Å². The molecule has 2 nitrogen and oxygen atoms in total. The van der Waals surface area contributed by atoms with Crippen LogP contribution in [-0.4, -0.2) is 29.8 Å². The molecule has 0 radical (unpaired) electrons. The van der Waals surface area contributed by atoms with Crippen LogP contribution < -0.4 is 0 Å². The predicted octanol–water partition coefficient (Wildman–Crippen LogP) is 3.04. The van der Waals surface area contributed by atoms with Crippen molar-refractivity contribution < 1.29 is 5.11 Å². The number of unbranched alkanes of at least 4 members (excludes halogenated alkanes) is 5. The molecule has 0 aromatic rings. The molecule has 3 heteroatoms. The van der Waals surface area contributed by atoms with Crippen molar-refractivity contribution in [2.75, 3.05) is 13.6 Å². The Morgan fingerprint density at radius 2 is 1.57 bits per heavy atom. The smallest absolute Gasteiger partial charge is 0.104 e. The summed E-state index contributed by atoms with van der Waals surface area (Å²) in [5, 5.41) is 9.19. The van der Waals surface area contributed by atoms with Gasteiger partial charge in [0.1, 0.15) is 6.23 Å². The van der Waals surface area contributed by atoms with Crippen molar-refractivity contribution in [1.29, 1.82) is 0 Å². The average Bonchev–Trinajstić information content (AvgIpc) is 2.10. The summed E-state index contributed by atoms with van der Waals surface area (Å²) in [7, 11) is 1.97. The SMILES string of the molecule is CCCCCCCCN(C)C(C)O.Cl. The van der Waals surface area contributed by atoms with Crippen molar-refractivity contribution >= 4 is 12.4 Å². The van der Waals surface area contributed by atoms with E-state index in [0.717, 1.165) is 6.54 Å². The fourth-order valence-corrected chi connectivity index (χ4v) is 1.33. The molecule has 0 heterocycles. The third-order valence-corrected chi connectivity index (χ3v) is 2.50. The minimum Gasteiger partial charge on any atom is -0.379 e. The Bertz CT molecular complexity index is 109. The zero-order valence-corrected chi connectivity index (χ0v) is 10.6. The Morgan fingerprint density at radius 3 is 2.07 bits per heavy atom. The molecule has 0 fully saturated rings. The van der Waals surface area contributed by atoms with Crippen molar-refractivity contribution in [2.45, 2.75) is 58.6 Å². The van der Waals surface area contributed by atoms with Crippen LogP contribution in [0.4, 0.5) is 0 Å². The van der Waals surface area contributed by atoms with E-state index in [2.05, 4.69) is 6.92 Å². The van der Waals surface area contributed by atoms with Gasteiger partial charge in [-0.15, -0.1) is 12.4 Å². The van der Waals surface area contributed by atoms with Gasteiger partial charge in [0.05, 0.1) is 0 Å². The molecule has 0 saturated heterocycles. The maximum absolute atomic E-state index is 9.19. The largest absolute Gasteiger partial charge is 0.379 e. The van der Waals surface area contributed by atoms with Crippen molar-refractivity contribution in [2.24, 2.45) is 0 Å². The van der Waals surface area contributed by atoms with Crippen LogP contribution >= 0.6 is 12.4 Å². The van der Waals surface area contributed by atoms with Gasteiger partial charge < -0.3 is 5.11 Å². The van der Waals surface area contributed by atoms with Crippen LogP contribution in [0, 0.1) is 0 Å². The number of nitrogens with zero attached hydrogens (tertiary/aromatic N) is 1. The van der Waals surface area contributed by atoms with Crippen LogP contribution in [0.25, 0.3) is 0 Å². The van der Waals surface area contributed by atoms with Crippen molar-refractivity contribution in [3.8, 4) is 0 Å². The molecule has 0 aliphatic carbocycles. The molecule has 0 aliphatic heterocycles. The Kier molecular flexibility index (Phi) is 13.4. The van der Waals surface area contributed by atoms with E-state index in [1.165, 1.54) is 38.5 Å². The third kappa shape index (κ3) is 10.3. The lowest BCUT2D eigenvalue weighted by Gasteiger charge is -2.19. The highest BCUT2D eigenvalue weighted by Crippen LogP contribution is 2.05. The molecule has 1 N–H and O–H groups in total. The Hall–Kier alpha value is 0.210. The minimum absolute atomic E-state index is 0. The molecule has 88 valence electrons. The summed E-state index contributed by atoms with van der Waals surface area (Å²) in [6.07, 6.45) is 7.62. The van der Waals surface area contributed by atoms with E-state index in [1.54, 1.807) is 0 Å². The first-order valence-corrected chi connectivity index (χ1v) is 5.56. The lowest BCUT2D eigenvalue weighted by atomic mass is 10.1. The molecule has 0 aromatic carbocycles. The van der Waals surface area contributed by atoms with Gasteiger partial charge >= 0.3 is 0 Å². The molecule has 14 heavy (non-hydrogen) atoms. The number of hydrogen-bond donors (Lipinski definition) is 1. The first kappa shape index (κ1) is 16.6. The number of rotatable bonds is 8. The molecule has 1 atom stereocenters. The molecular formula is C11H26ClNO. The summed E-state index contributed by atoms with van der Waals surface area (Å²) < 4.78 is 0. The zero-order chi connectivity index (χ0) is 10.1. The molecule has 1 unspecified atom stereocenters. The standard InChI is InChI=1S/C11H25NO.ClH/c1-4-5-6-7-8-9-10-12(3)11(2)13;/h11,13H,4-10H2,1-3H3;1H. The van der Waals surface area contributed by atoms with E-state index in [4.69, 9.17) is 0 Å². The van der Waals surface area contributed by atoms with Crippen LogP contribution in [0.1, 0.15) is 52.4 Å². The van der Waals surface area contributed by atoms with Crippen molar-refractivity contribution in [3.63, 3.8) is 0 Å². The van der Waals surface area contributed by atoms with E-state index in [0.29, 0.717) is 0 Å². The second-order valence-electron chi connectivity index (χ2n) is 3.88. The van der Waals surface area contributed by atoms with Gasteiger partial charge in [-0.05, 0) is 20.4 Å². The highest BCUT2D eigenvalue weighted by Gasteiger charge is 2.02. The van der Waals surface area contributed by atoms with Crippen LogP contribution in [0.15, 0.2) is 0 Å². The van der Waals surface area contributed by atoms with E-state index in [-0.39, 0.29) is 18.6 Å². The summed E-state index contributed by atoms with van der Waals surface area (Å²) in [6.45, 7) is 5.07. The first-order chi connectivity index (χ1) is 6.18. The van der Waals surface area contributed by atoms with Gasteiger partial charge in [0.25, 0.3) is 0 Å². The quantitative estimate of drug-likeness (QED) is 0.505. The average molecular weight is 224 g/mol. The summed E-state index contributed by atoms with van der Waals surface area (Å²) in [6, 6.07) is 0. The maximum atomic E-state index is 9.19. The van der Waals surface area contributed by atoms with E-state index < -0.39 is 0 Å². The Balaban J connectivity index is 0. The first-order valence-electron chi connectivity index (χ1n) is 5.56. The van der Waals surface area contributed by atoms with E-state index >= 15 is 0 Å². The minimum atomic E-state index is -0.296. The number of halogens is 1. The van der Waals surface area contributed by atoms with Crippen LogP contribution in [-0.2, 0) is 0 Å². The van der Waals surface area contributed by atoms with E-state index in [1.807, 2.05) is 18.9 Å². The molecule has 0 bridgehead atoms. The van der Waals surface area contributed by atoms with Crippen LogP contribution in [0.3, 0.4) is 0 Å². The van der Waals surface area contributed by atoms with Gasteiger partial charge in [0, 0.05) is 6.54 Å². The third-order valence-electron chi connectivity index (χ3n) is 2.50. The highest BCUT2D eigenvalue weighted by molar-refractivity contribution is 5.85. The van der Waals surface area contributed by atoms with Gasteiger partial charge in [-0.3, -0.25) is 4.90 Å². The number of aliphatic hydroxyl groups is 1. The van der Waals surface area contributed by atoms with Crippen molar-refractivity contribution in [1.82, 2.24) is 4.90 Å². The lowest BCUT2D eigenvalue weighted by molar-refractivity contribution is 0.0373. The predicted molar refractivity (Wildman–Crippen MR) is 64.9 cm³/mol. The summed E-state index contributed by atoms with van der Waals surface area (Å²) in [4.78, 5) is 1.99. The molecule has 0 aliphatic rings. The Morgan fingerprint density at radius 1 is 1.07 bits per heavy atom. The number of aliphatic hydroxyl groups excluding tert-OH is 1. The van der Waals surface area contributed by atoms with Gasteiger partial charge in [-0.1, -0.05) is 39.0 Å². The topological polar surface area (TPSA) is 23.5 Å². The Labute approximate surface area is 95.1 Å². The monoisotopic (exact) mass is 223 g/mol. The molecular weight excluding hydrogens is 198 g/mol.